The summed E-state index contributed by atoms with van der Waals surface area (Å²) in [5, 5.41) is 7.55. The maximum Gasteiger partial charge on any atom is 0.271 e. The van der Waals surface area contributed by atoms with E-state index in [1.807, 2.05) is 48.5 Å². The average molecular weight is 395 g/mol. The fourth-order valence-electron chi connectivity index (χ4n) is 2.70. The number of nitrogens with one attached hydrogen (secondary N) is 2. The van der Waals surface area contributed by atoms with Crippen LogP contribution in [0.1, 0.15) is 21.6 Å². The average Bonchev–Trinajstić information content (AvgIpc) is 3.35. The van der Waals surface area contributed by atoms with Crippen LogP contribution in [0.15, 0.2) is 53.9 Å². The van der Waals surface area contributed by atoms with Gasteiger partial charge in [0.2, 0.25) is 12.7 Å². The summed E-state index contributed by atoms with van der Waals surface area (Å²) in [5.41, 5.74) is 2.07. The van der Waals surface area contributed by atoms with Gasteiger partial charge < -0.3 is 20.1 Å². The smallest absolute Gasteiger partial charge is 0.271 e. The Morgan fingerprint density at radius 3 is 2.71 bits per heavy atom. The van der Waals surface area contributed by atoms with Crippen molar-refractivity contribution in [1.82, 2.24) is 10.3 Å². The molecule has 0 unspecified atom stereocenters. The third-order valence-corrected chi connectivity index (χ3v) is 4.84. The Hall–Kier alpha value is -3.39. The molecule has 0 atom stereocenters. The first-order chi connectivity index (χ1) is 13.7. The quantitative estimate of drug-likeness (QED) is 0.670. The highest BCUT2D eigenvalue weighted by Gasteiger charge is 2.15. The van der Waals surface area contributed by atoms with E-state index in [9.17, 15) is 9.59 Å². The zero-order valence-corrected chi connectivity index (χ0v) is 15.6. The van der Waals surface area contributed by atoms with Gasteiger partial charge in [-0.1, -0.05) is 36.4 Å². The summed E-state index contributed by atoms with van der Waals surface area (Å²) in [6, 6.07) is 14.9. The summed E-state index contributed by atoms with van der Waals surface area (Å²) in [7, 11) is 0. The predicted octanol–water partition coefficient (Wildman–Crippen LogP) is 2.98. The molecule has 0 saturated carbocycles. The molecule has 0 bridgehead atoms. The van der Waals surface area contributed by atoms with Gasteiger partial charge in [-0.15, -0.1) is 11.3 Å². The van der Waals surface area contributed by atoms with E-state index < -0.39 is 0 Å². The molecule has 0 saturated heterocycles. The Balaban J connectivity index is 1.31. The number of hydrogen-bond acceptors (Lipinski definition) is 6. The molecule has 1 aromatic heterocycles. The van der Waals surface area contributed by atoms with Gasteiger partial charge >= 0.3 is 0 Å². The number of anilines is 1. The Morgan fingerprint density at radius 2 is 1.86 bits per heavy atom. The molecule has 0 spiro atoms. The van der Waals surface area contributed by atoms with Crippen molar-refractivity contribution in [2.45, 2.75) is 13.0 Å². The van der Waals surface area contributed by atoms with Crippen LogP contribution in [0.5, 0.6) is 11.5 Å². The second kappa shape index (κ2) is 8.10. The molecule has 0 fully saturated rings. The maximum atomic E-state index is 12.3. The van der Waals surface area contributed by atoms with Crippen LogP contribution in [0.25, 0.3) is 0 Å². The molecule has 0 radical (unpaired) electrons. The fraction of sp³-hybridized carbons (Fsp3) is 0.150. The lowest BCUT2D eigenvalue weighted by molar-refractivity contribution is -0.115. The Bertz CT molecular complexity index is 1000. The minimum Gasteiger partial charge on any atom is -0.454 e. The van der Waals surface area contributed by atoms with Crippen LogP contribution in [0.2, 0.25) is 0 Å². The van der Waals surface area contributed by atoms with Crippen LogP contribution in [0.4, 0.5) is 5.13 Å². The van der Waals surface area contributed by atoms with E-state index in [0.717, 1.165) is 11.1 Å². The highest BCUT2D eigenvalue weighted by molar-refractivity contribution is 7.14. The fourth-order valence-corrected chi connectivity index (χ4v) is 3.41. The van der Waals surface area contributed by atoms with Crippen molar-refractivity contribution in [2.24, 2.45) is 0 Å². The lowest BCUT2D eigenvalue weighted by Crippen LogP contribution is -2.23. The molecule has 1 aliphatic heterocycles. The van der Waals surface area contributed by atoms with E-state index >= 15 is 0 Å². The molecule has 28 heavy (non-hydrogen) atoms. The Kier molecular flexibility index (Phi) is 5.20. The van der Waals surface area contributed by atoms with Crippen LogP contribution in [-0.2, 0) is 17.8 Å². The van der Waals surface area contributed by atoms with Gasteiger partial charge in [-0.2, -0.15) is 0 Å². The molecular formula is C20H17N3O4S. The lowest BCUT2D eigenvalue weighted by atomic mass is 10.1. The number of carbonyl (C=O) groups excluding carboxylic acids is 2. The first kappa shape index (κ1) is 18.0. The minimum atomic E-state index is -0.308. The van der Waals surface area contributed by atoms with Crippen molar-refractivity contribution in [2.75, 3.05) is 12.1 Å². The predicted molar refractivity (Wildman–Crippen MR) is 105 cm³/mol. The minimum absolute atomic E-state index is 0.173. The molecular weight excluding hydrogens is 378 g/mol. The van der Waals surface area contributed by atoms with Crippen LogP contribution in [0, 0.1) is 0 Å². The molecule has 4 rings (SSSR count). The zero-order chi connectivity index (χ0) is 19.3. The SMILES string of the molecule is O=C(Cc1ccccc1)Nc1nc(C(=O)NCc2ccc3c(c2)OCO3)cs1. The van der Waals surface area contributed by atoms with E-state index in [-0.39, 0.29) is 30.7 Å². The van der Waals surface area contributed by atoms with Gasteiger partial charge in [0.1, 0.15) is 5.69 Å². The summed E-state index contributed by atoms with van der Waals surface area (Å²) < 4.78 is 10.6. The second-order valence-electron chi connectivity index (χ2n) is 6.12. The molecule has 8 heteroatoms. The van der Waals surface area contributed by atoms with Gasteiger partial charge in [0.15, 0.2) is 16.6 Å². The molecule has 7 nitrogen and oxygen atoms in total. The van der Waals surface area contributed by atoms with E-state index in [0.29, 0.717) is 23.2 Å². The van der Waals surface area contributed by atoms with Crippen LogP contribution in [0.3, 0.4) is 0 Å². The molecule has 142 valence electrons. The van der Waals surface area contributed by atoms with Crippen LogP contribution >= 0.6 is 11.3 Å². The summed E-state index contributed by atoms with van der Waals surface area (Å²) >= 11 is 1.21. The summed E-state index contributed by atoms with van der Waals surface area (Å²) in [5.74, 6) is 0.889. The highest BCUT2D eigenvalue weighted by Crippen LogP contribution is 2.32. The highest BCUT2D eigenvalue weighted by atomic mass is 32.1. The number of rotatable bonds is 6. The number of thiazole rings is 1. The molecule has 2 heterocycles. The van der Waals surface area contributed by atoms with Crippen molar-refractivity contribution >= 4 is 28.3 Å². The summed E-state index contributed by atoms with van der Waals surface area (Å²) in [4.78, 5) is 28.6. The number of hydrogen-bond donors (Lipinski definition) is 2. The van der Waals surface area contributed by atoms with Crippen LogP contribution in [-0.4, -0.2) is 23.6 Å². The number of benzene rings is 2. The molecule has 1 aliphatic rings. The van der Waals surface area contributed by atoms with Crippen molar-refractivity contribution < 1.29 is 19.1 Å². The van der Waals surface area contributed by atoms with Gasteiger partial charge in [0, 0.05) is 11.9 Å². The summed E-state index contributed by atoms with van der Waals surface area (Å²) in [6.45, 7) is 0.547. The van der Waals surface area contributed by atoms with Crippen molar-refractivity contribution in [3.8, 4) is 11.5 Å². The van der Waals surface area contributed by atoms with E-state index in [1.165, 1.54) is 11.3 Å². The zero-order valence-electron chi connectivity index (χ0n) is 14.8. The van der Waals surface area contributed by atoms with E-state index in [4.69, 9.17) is 9.47 Å². The number of fused-ring (bicyclic) bond motifs is 1. The van der Waals surface area contributed by atoms with E-state index in [2.05, 4.69) is 15.6 Å². The standard InChI is InChI=1S/C20H17N3O4S/c24-18(9-13-4-2-1-3-5-13)23-20-22-15(11-28-20)19(25)21-10-14-6-7-16-17(8-14)27-12-26-16/h1-8,11H,9-10,12H2,(H,21,25)(H,22,23,24). The number of nitrogens with zero attached hydrogens (tertiary/aromatic N) is 1. The van der Waals surface area contributed by atoms with Crippen molar-refractivity contribution in [1.29, 1.82) is 0 Å². The first-order valence-electron chi connectivity index (χ1n) is 8.63. The van der Waals surface area contributed by atoms with Gasteiger partial charge in [0.05, 0.1) is 6.42 Å². The first-order valence-corrected chi connectivity index (χ1v) is 9.51. The molecule has 0 aliphatic carbocycles. The molecule has 2 amide bonds. The van der Waals surface area contributed by atoms with E-state index in [1.54, 1.807) is 5.38 Å². The van der Waals surface area contributed by atoms with Crippen molar-refractivity contribution in [3.63, 3.8) is 0 Å². The number of carbonyl (C=O) groups is 2. The second-order valence-corrected chi connectivity index (χ2v) is 6.98. The van der Waals surface area contributed by atoms with Gasteiger partial charge in [0.25, 0.3) is 5.91 Å². The van der Waals surface area contributed by atoms with Gasteiger partial charge in [-0.05, 0) is 23.3 Å². The monoisotopic (exact) mass is 395 g/mol. The normalized spacial score (nSPS) is 11.9. The Labute approximate surface area is 165 Å². The van der Waals surface area contributed by atoms with Gasteiger partial charge in [-0.3, -0.25) is 9.59 Å². The summed E-state index contributed by atoms with van der Waals surface area (Å²) in [6.07, 6.45) is 0.256. The number of amides is 2. The maximum absolute atomic E-state index is 12.3. The van der Waals surface area contributed by atoms with Crippen LogP contribution < -0.4 is 20.1 Å². The third kappa shape index (κ3) is 4.29. The lowest BCUT2D eigenvalue weighted by Gasteiger charge is -2.05. The molecule has 3 aromatic rings. The molecule has 2 aromatic carbocycles. The topological polar surface area (TPSA) is 89.6 Å². The Morgan fingerprint density at radius 1 is 1.04 bits per heavy atom. The third-order valence-electron chi connectivity index (χ3n) is 4.08. The number of aromatic nitrogens is 1. The molecule has 2 N–H and O–H groups in total. The van der Waals surface area contributed by atoms with Crippen molar-refractivity contribution in [3.05, 3.63) is 70.7 Å². The largest absolute Gasteiger partial charge is 0.454 e. The van der Waals surface area contributed by atoms with Gasteiger partial charge in [-0.25, -0.2) is 4.98 Å². The number of ether oxygens (including phenoxy) is 2.